The lowest BCUT2D eigenvalue weighted by Gasteiger charge is -2.14. The Morgan fingerprint density at radius 1 is 1.33 bits per heavy atom. The van der Waals surface area contributed by atoms with E-state index in [4.69, 9.17) is 14.2 Å². The number of benzene rings is 1. The normalized spacial score (nSPS) is 19.0. The van der Waals surface area contributed by atoms with Crippen molar-refractivity contribution >= 4 is 0 Å². The minimum Gasteiger partial charge on any atom is -0.475 e. The quantitative estimate of drug-likeness (QED) is 0.748. The summed E-state index contributed by atoms with van der Waals surface area (Å²) in [5, 5.41) is 0. The molecular weight excluding hydrogens is 228 g/mol. The smallest absolute Gasteiger partial charge is 0.188 e. The first kappa shape index (κ1) is 12.9. The van der Waals surface area contributed by atoms with Gasteiger partial charge in [0.15, 0.2) is 6.79 Å². The maximum Gasteiger partial charge on any atom is 0.188 e. The van der Waals surface area contributed by atoms with Crippen LogP contribution in [-0.2, 0) is 20.8 Å². The Morgan fingerprint density at radius 3 is 3.00 bits per heavy atom. The Bertz CT molecular complexity index is 397. The average Bonchev–Trinajstić information content (AvgIpc) is 2.69. The highest BCUT2D eigenvalue weighted by molar-refractivity contribution is 5.14. The largest absolute Gasteiger partial charge is 0.475 e. The van der Waals surface area contributed by atoms with Gasteiger partial charge in [0.1, 0.15) is 0 Å². The van der Waals surface area contributed by atoms with E-state index in [1.807, 2.05) is 36.4 Å². The molecule has 1 heterocycles. The molecule has 0 radical (unpaired) electrons. The van der Waals surface area contributed by atoms with Gasteiger partial charge >= 0.3 is 0 Å². The number of hydrogen-bond acceptors (Lipinski definition) is 3. The van der Waals surface area contributed by atoms with Crippen LogP contribution in [0.25, 0.3) is 0 Å². The van der Waals surface area contributed by atoms with Crippen LogP contribution in [0.3, 0.4) is 0 Å². The molecule has 0 aromatic heterocycles. The second kappa shape index (κ2) is 6.99. The second-order valence-electron chi connectivity index (χ2n) is 4.23. The molecule has 1 atom stereocenters. The molecule has 3 heteroatoms. The maximum absolute atomic E-state index is 5.65. The van der Waals surface area contributed by atoms with Crippen LogP contribution in [0.1, 0.15) is 5.56 Å². The molecule has 0 spiro atoms. The molecule has 2 rings (SSSR count). The average molecular weight is 246 g/mol. The number of ether oxygens (including phenoxy) is 3. The summed E-state index contributed by atoms with van der Waals surface area (Å²) in [4.78, 5) is 0. The van der Waals surface area contributed by atoms with Crippen LogP contribution >= 0.6 is 0 Å². The standard InChI is InChI=1S/C15H18O3/c1-13(15-7-8-16-12-18-11-15)9-17-10-14-5-3-2-4-6-14/h2-8,15H,1,9-12H2. The van der Waals surface area contributed by atoms with Gasteiger partial charge in [0.2, 0.25) is 0 Å². The van der Waals surface area contributed by atoms with E-state index in [-0.39, 0.29) is 5.92 Å². The fourth-order valence-corrected chi connectivity index (χ4v) is 1.70. The maximum atomic E-state index is 5.65. The fraction of sp³-hybridized carbons (Fsp3) is 0.333. The van der Waals surface area contributed by atoms with Crippen molar-refractivity contribution in [1.29, 1.82) is 0 Å². The van der Waals surface area contributed by atoms with Crippen molar-refractivity contribution in [3.63, 3.8) is 0 Å². The van der Waals surface area contributed by atoms with Crippen LogP contribution in [0, 0.1) is 5.92 Å². The molecule has 0 saturated carbocycles. The Labute approximate surface area is 108 Å². The van der Waals surface area contributed by atoms with Crippen molar-refractivity contribution in [1.82, 2.24) is 0 Å². The molecule has 0 N–H and O–H groups in total. The van der Waals surface area contributed by atoms with Gasteiger partial charge in [0.25, 0.3) is 0 Å². The van der Waals surface area contributed by atoms with Gasteiger partial charge in [0.05, 0.1) is 26.1 Å². The highest BCUT2D eigenvalue weighted by Gasteiger charge is 2.12. The lowest BCUT2D eigenvalue weighted by molar-refractivity contribution is -0.00885. The topological polar surface area (TPSA) is 27.7 Å². The molecule has 1 unspecified atom stereocenters. The van der Waals surface area contributed by atoms with Gasteiger partial charge in [-0.05, 0) is 17.2 Å². The predicted octanol–water partition coefficient (Wildman–Crippen LogP) is 2.89. The van der Waals surface area contributed by atoms with E-state index in [1.165, 1.54) is 5.56 Å². The predicted molar refractivity (Wildman–Crippen MR) is 69.8 cm³/mol. The van der Waals surface area contributed by atoms with Crippen LogP contribution < -0.4 is 0 Å². The molecule has 0 fully saturated rings. The summed E-state index contributed by atoms with van der Waals surface area (Å²) in [6.07, 6.45) is 3.63. The van der Waals surface area contributed by atoms with Gasteiger partial charge in [0, 0.05) is 5.92 Å². The van der Waals surface area contributed by atoms with Crippen LogP contribution in [0.2, 0.25) is 0 Å². The van der Waals surface area contributed by atoms with E-state index in [2.05, 4.69) is 6.58 Å². The highest BCUT2D eigenvalue weighted by atomic mass is 16.7. The summed E-state index contributed by atoms with van der Waals surface area (Å²) in [6.45, 7) is 6.09. The van der Waals surface area contributed by atoms with Crippen LogP contribution in [0.5, 0.6) is 0 Å². The molecular formula is C15H18O3. The highest BCUT2D eigenvalue weighted by Crippen LogP contribution is 2.15. The fourth-order valence-electron chi connectivity index (χ4n) is 1.70. The van der Waals surface area contributed by atoms with Gasteiger partial charge < -0.3 is 14.2 Å². The first-order valence-corrected chi connectivity index (χ1v) is 6.01. The summed E-state index contributed by atoms with van der Waals surface area (Å²) >= 11 is 0. The number of hydrogen-bond donors (Lipinski definition) is 0. The molecule has 1 aliphatic heterocycles. The van der Waals surface area contributed by atoms with E-state index in [0.717, 1.165) is 5.57 Å². The van der Waals surface area contributed by atoms with Crippen molar-refractivity contribution in [2.45, 2.75) is 6.61 Å². The zero-order valence-corrected chi connectivity index (χ0v) is 10.4. The van der Waals surface area contributed by atoms with E-state index < -0.39 is 0 Å². The molecule has 0 aliphatic carbocycles. The third-order valence-electron chi connectivity index (χ3n) is 2.78. The molecule has 1 aromatic rings. The lowest BCUT2D eigenvalue weighted by Crippen LogP contribution is -2.12. The molecule has 1 aromatic carbocycles. The van der Waals surface area contributed by atoms with Gasteiger partial charge in [-0.15, -0.1) is 0 Å². The second-order valence-corrected chi connectivity index (χ2v) is 4.23. The Balaban J connectivity index is 1.74. The van der Waals surface area contributed by atoms with Gasteiger partial charge in [-0.1, -0.05) is 36.9 Å². The molecule has 3 nitrogen and oxygen atoms in total. The van der Waals surface area contributed by atoms with E-state index in [9.17, 15) is 0 Å². The van der Waals surface area contributed by atoms with E-state index in [1.54, 1.807) is 6.26 Å². The lowest BCUT2D eigenvalue weighted by atomic mass is 10.0. The van der Waals surface area contributed by atoms with E-state index in [0.29, 0.717) is 26.6 Å². The van der Waals surface area contributed by atoms with Crippen LogP contribution in [-0.4, -0.2) is 20.0 Å². The summed E-state index contributed by atoms with van der Waals surface area (Å²) in [5.74, 6) is 0.170. The van der Waals surface area contributed by atoms with Crippen molar-refractivity contribution in [3.05, 3.63) is 60.4 Å². The third-order valence-corrected chi connectivity index (χ3v) is 2.78. The van der Waals surface area contributed by atoms with Gasteiger partial charge in [-0.2, -0.15) is 0 Å². The zero-order valence-electron chi connectivity index (χ0n) is 10.4. The van der Waals surface area contributed by atoms with E-state index >= 15 is 0 Å². The van der Waals surface area contributed by atoms with Crippen LogP contribution in [0.15, 0.2) is 54.8 Å². The van der Waals surface area contributed by atoms with Crippen molar-refractivity contribution in [3.8, 4) is 0 Å². The minimum absolute atomic E-state index is 0.170. The summed E-state index contributed by atoms with van der Waals surface area (Å²) in [5.41, 5.74) is 2.17. The van der Waals surface area contributed by atoms with Crippen molar-refractivity contribution in [2.24, 2.45) is 5.92 Å². The Kier molecular flexibility index (Phi) is 5.00. The number of rotatable bonds is 5. The van der Waals surface area contributed by atoms with Gasteiger partial charge in [-0.3, -0.25) is 0 Å². The zero-order chi connectivity index (χ0) is 12.6. The monoisotopic (exact) mass is 246 g/mol. The molecule has 96 valence electrons. The Morgan fingerprint density at radius 2 is 2.17 bits per heavy atom. The summed E-state index contributed by atoms with van der Waals surface area (Å²) < 4.78 is 16.0. The Hall–Kier alpha value is -1.58. The van der Waals surface area contributed by atoms with Gasteiger partial charge in [-0.25, -0.2) is 0 Å². The third kappa shape index (κ3) is 4.02. The van der Waals surface area contributed by atoms with Crippen molar-refractivity contribution < 1.29 is 14.2 Å². The van der Waals surface area contributed by atoms with Crippen LogP contribution in [0.4, 0.5) is 0 Å². The first-order chi connectivity index (χ1) is 8.86. The van der Waals surface area contributed by atoms with Crippen molar-refractivity contribution in [2.75, 3.05) is 20.0 Å². The minimum atomic E-state index is 0.170. The molecule has 0 saturated heterocycles. The molecule has 0 amide bonds. The molecule has 0 bridgehead atoms. The SMILES string of the molecule is C=C(COCc1ccccc1)C1C=COCOC1. The first-order valence-electron chi connectivity index (χ1n) is 6.01. The molecule has 18 heavy (non-hydrogen) atoms. The molecule has 1 aliphatic rings. The summed E-state index contributed by atoms with van der Waals surface area (Å²) in [6, 6.07) is 10.1. The summed E-state index contributed by atoms with van der Waals surface area (Å²) in [7, 11) is 0.